The van der Waals surface area contributed by atoms with Gasteiger partial charge in [-0.15, -0.1) is 0 Å². The number of imidazole rings is 1. The Hall–Kier alpha value is -2.17. The molecule has 1 aliphatic rings. The molecular weight excluding hydrogens is 358 g/mol. The van der Waals surface area contributed by atoms with Crippen LogP contribution in [-0.4, -0.2) is 23.3 Å². The van der Waals surface area contributed by atoms with Crippen molar-refractivity contribution in [3.05, 3.63) is 76.3 Å². The molecule has 3 nitrogen and oxygen atoms in total. The molecule has 2 heterocycles. The summed E-state index contributed by atoms with van der Waals surface area (Å²) in [5.41, 5.74) is 5.32. The molecular formula is C21H22ClN3Si. The van der Waals surface area contributed by atoms with Gasteiger partial charge in [0.15, 0.2) is 0 Å². The summed E-state index contributed by atoms with van der Waals surface area (Å²) >= 11 is 6.53. The van der Waals surface area contributed by atoms with Crippen LogP contribution >= 0.6 is 11.6 Å². The van der Waals surface area contributed by atoms with Crippen LogP contribution in [-0.2, 0) is 6.54 Å². The first kappa shape index (κ1) is 17.3. The van der Waals surface area contributed by atoms with Crippen LogP contribution in [0, 0.1) is 6.92 Å². The third-order valence-electron chi connectivity index (χ3n) is 4.90. The molecule has 0 saturated carbocycles. The van der Waals surface area contributed by atoms with E-state index in [4.69, 9.17) is 16.6 Å². The Morgan fingerprint density at radius 3 is 2.54 bits per heavy atom. The molecule has 2 aromatic carbocycles. The molecule has 132 valence electrons. The van der Waals surface area contributed by atoms with Crippen molar-refractivity contribution in [2.75, 3.05) is 0 Å². The molecule has 0 radical (unpaired) electrons. The van der Waals surface area contributed by atoms with Gasteiger partial charge in [0.05, 0.1) is 37.9 Å². The lowest BCUT2D eigenvalue weighted by atomic mass is 10.0. The quantitative estimate of drug-likeness (QED) is 0.592. The monoisotopic (exact) mass is 379 g/mol. The number of rotatable bonds is 2. The summed E-state index contributed by atoms with van der Waals surface area (Å²) in [5, 5.41) is 2.15. The van der Waals surface area contributed by atoms with Crippen LogP contribution in [0.15, 0.2) is 53.7 Å². The topological polar surface area (TPSA) is 30.2 Å². The van der Waals surface area contributed by atoms with E-state index < -0.39 is 8.07 Å². The fourth-order valence-electron chi connectivity index (χ4n) is 3.45. The zero-order chi connectivity index (χ0) is 18.5. The lowest BCUT2D eigenvalue weighted by Crippen LogP contribution is -2.38. The third kappa shape index (κ3) is 2.83. The number of aryl methyl sites for hydroxylation is 1. The van der Waals surface area contributed by atoms with Crippen LogP contribution in [0.1, 0.15) is 22.6 Å². The van der Waals surface area contributed by atoms with Crippen molar-refractivity contribution in [1.29, 1.82) is 0 Å². The summed E-state index contributed by atoms with van der Waals surface area (Å²) in [4.78, 5) is 9.46. The predicted molar refractivity (Wildman–Crippen MR) is 112 cm³/mol. The van der Waals surface area contributed by atoms with Gasteiger partial charge in [-0.3, -0.25) is 9.56 Å². The Bertz CT molecular complexity index is 1030. The molecule has 1 aromatic heterocycles. The fraction of sp³-hybridized carbons (Fsp3) is 0.238. The molecule has 0 saturated heterocycles. The molecule has 5 heteroatoms. The highest BCUT2D eigenvalue weighted by Gasteiger charge is 2.25. The average molecular weight is 380 g/mol. The van der Waals surface area contributed by atoms with Gasteiger partial charge in [0.25, 0.3) is 0 Å². The molecule has 0 unspecified atom stereocenters. The van der Waals surface area contributed by atoms with Crippen molar-refractivity contribution < 1.29 is 0 Å². The Labute approximate surface area is 160 Å². The van der Waals surface area contributed by atoms with Gasteiger partial charge in [-0.1, -0.05) is 66.8 Å². The molecule has 1 aliphatic heterocycles. The summed E-state index contributed by atoms with van der Waals surface area (Å²) in [6.07, 6.45) is 1.92. The van der Waals surface area contributed by atoms with Crippen LogP contribution < -0.4 is 5.19 Å². The minimum Gasteiger partial charge on any atom is -0.298 e. The Balaban J connectivity index is 2.03. The van der Waals surface area contributed by atoms with E-state index in [1.165, 1.54) is 5.19 Å². The fourth-order valence-corrected chi connectivity index (χ4v) is 4.83. The van der Waals surface area contributed by atoms with Gasteiger partial charge < -0.3 is 0 Å². The maximum Gasteiger partial charge on any atom is 0.110 e. The van der Waals surface area contributed by atoms with Crippen molar-refractivity contribution in [3.63, 3.8) is 0 Å². The van der Waals surface area contributed by atoms with Gasteiger partial charge in [-0.05, 0) is 19.1 Å². The second-order valence-electron chi connectivity index (χ2n) is 7.76. The first-order chi connectivity index (χ1) is 12.4. The lowest BCUT2D eigenvalue weighted by molar-refractivity contribution is 0.890. The third-order valence-corrected chi connectivity index (χ3v) is 7.27. The molecule has 0 spiro atoms. The summed E-state index contributed by atoms with van der Waals surface area (Å²) in [5.74, 6) is 0.984. The molecule has 0 fully saturated rings. The van der Waals surface area contributed by atoms with E-state index in [0.29, 0.717) is 6.54 Å². The van der Waals surface area contributed by atoms with Crippen LogP contribution in [0.25, 0.3) is 5.69 Å². The van der Waals surface area contributed by atoms with Gasteiger partial charge in [0.1, 0.15) is 5.82 Å². The zero-order valence-electron chi connectivity index (χ0n) is 15.5. The van der Waals surface area contributed by atoms with Crippen LogP contribution in [0.2, 0.25) is 24.7 Å². The van der Waals surface area contributed by atoms with E-state index in [1.807, 2.05) is 31.3 Å². The van der Waals surface area contributed by atoms with E-state index >= 15 is 0 Å². The number of benzene rings is 2. The van der Waals surface area contributed by atoms with E-state index in [2.05, 4.69) is 53.5 Å². The van der Waals surface area contributed by atoms with Gasteiger partial charge in [-0.25, -0.2) is 4.98 Å². The zero-order valence-corrected chi connectivity index (χ0v) is 17.3. The van der Waals surface area contributed by atoms with Crippen molar-refractivity contribution in [2.45, 2.75) is 33.1 Å². The maximum absolute atomic E-state index is 6.53. The molecule has 4 rings (SSSR count). The Morgan fingerprint density at radius 2 is 1.81 bits per heavy atom. The Morgan fingerprint density at radius 1 is 1.04 bits per heavy atom. The highest BCUT2D eigenvalue weighted by molar-refractivity contribution is 6.88. The van der Waals surface area contributed by atoms with Gasteiger partial charge in [0, 0.05) is 16.1 Å². The maximum atomic E-state index is 6.53. The van der Waals surface area contributed by atoms with Crippen molar-refractivity contribution in [2.24, 2.45) is 4.99 Å². The summed E-state index contributed by atoms with van der Waals surface area (Å²) < 4.78 is 2.22. The summed E-state index contributed by atoms with van der Waals surface area (Å²) in [7, 11) is -1.46. The minimum atomic E-state index is -1.46. The molecule has 26 heavy (non-hydrogen) atoms. The second kappa shape index (κ2) is 6.22. The van der Waals surface area contributed by atoms with Gasteiger partial charge >= 0.3 is 0 Å². The second-order valence-corrected chi connectivity index (χ2v) is 13.2. The molecule has 0 N–H and O–H groups in total. The molecule has 3 aromatic rings. The van der Waals surface area contributed by atoms with Gasteiger partial charge in [-0.2, -0.15) is 0 Å². The number of hydrogen-bond donors (Lipinski definition) is 0. The molecule has 0 amide bonds. The van der Waals surface area contributed by atoms with Crippen LogP contribution in [0.3, 0.4) is 0 Å². The van der Waals surface area contributed by atoms with E-state index in [-0.39, 0.29) is 0 Å². The molecule has 0 aliphatic carbocycles. The number of aliphatic imine (C=N–C) groups is 1. The average Bonchev–Trinajstić information content (AvgIpc) is 2.87. The number of aromatic nitrogens is 2. The smallest absolute Gasteiger partial charge is 0.110 e. The SMILES string of the molecule is Cc1ncc2n1-c1ccc([Si](C)(C)C)cc1C(c1ccccc1Cl)=NC2. The summed E-state index contributed by atoms with van der Waals surface area (Å²) in [6.45, 7) is 9.74. The van der Waals surface area contributed by atoms with Crippen LogP contribution in [0.5, 0.6) is 0 Å². The van der Waals surface area contributed by atoms with Gasteiger partial charge in [0.2, 0.25) is 0 Å². The number of nitrogens with zero attached hydrogens (tertiary/aromatic N) is 3. The standard InChI is InChI=1S/C21H22ClN3Si/c1-14-23-12-15-13-24-21(17-7-5-6-8-19(17)22)18-11-16(26(2,3)4)9-10-20(18)25(14)15/h5-12H,13H2,1-4H3. The van der Waals surface area contributed by atoms with Crippen LogP contribution in [0.4, 0.5) is 0 Å². The number of fused-ring (bicyclic) bond motifs is 3. The lowest BCUT2D eigenvalue weighted by Gasteiger charge is -2.21. The summed E-state index contributed by atoms with van der Waals surface area (Å²) in [6, 6.07) is 14.8. The highest BCUT2D eigenvalue weighted by Crippen LogP contribution is 2.29. The molecule has 0 bridgehead atoms. The predicted octanol–water partition coefficient (Wildman–Crippen LogP) is 4.73. The first-order valence-electron chi connectivity index (χ1n) is 8.84. The largest absolute Gasteiger partial charge is 0.298 e. The van der Waals surface area contributed by atoms with Crippen molar-refractivity contribution in [3.8, 4) is 5.69 Å². The first-order valence-corrected chi connectivity index (χ1v) is 12.7. The normalized spacial score (nSPS) is 13.7. The van der Waals surface area contributed by atoms with E-state index in [0.717, 1.165) is 39.1 Å². The highest BCUT2D eigenvalue weighted by atomic mass is 35.5. The van der Waals surface area contributed by atoms with Crippen molar-refractivity contribution >= 4 is 30.6 Å². The molecule has 0 atom stereocenters. The minimum absolute atomic E-state index is 0.596. The van der Waals surface area contributed by atoms with Crippen molar-refractivity contribution in [1.82, 2.24) is 9.55 Å². The number of hydrogen-bond acceptors (Lipinski definition) is 2. The van der Waals surface area contributed by atoms with E-state index in [9.17, 15) is 0 Å². The van der Waals surface area contributed by atoms with E-state index in [1.54, 1.807) is 0 Å². The Kier molecular flexibility index (Phi) is 4.12. The number of halogens is 1.